The third-order valence-electron chi connectivity index (χ3n) is 15.0. The predicted octanol–water partition coefficient (Wildman–Crippen LogP) is 22.9. The number of carbonyl (C=O) groups excluding carboxylic acids is 3. The monoisotopic (exact) mass is 1060 g/mol. The van der Waals surface area contributed by atoms with Gasteiger partial charge >= 0.3 is 17.9 Å². The minimum atomic E-state index is -0.780. The topological polar surface area (TPSA) is 78.9 Å². The molecule has 0 spiro atoms. The first kappa shape index (κ1) is 73.4. The van der Waals surface area contributed by atoms with Crippen molar-refractivity contribution >= 4 is 17.9 Å². The molecule has 1 unspecified atom stereocenters. The van der Waals surface area contributed by atoms with Gasteiger partial charge in [0.25, 0.3) is 0 Å². The highest BCUT2D eigenvalue weighted by Crippen LogP contribution is 2.17. The van der Waals surface area contributed by atoms with Gasteiger partial charge in [-0.15, -0.1) is 0 Å². The third-order valence-corrected chi connectivity index (χ3v) is 15.0. The second-order valence-electron chi connectivity index (χ2n) is 22.7. The van der Waals surface area contributed by atoms with Crippen LogP contribution in [0.15, 0.2) is 48.6 Å². The molecular weight excluding hydrogens is 937 g/mol. The lowest BCUT2D eigenvalue weighted by atomic mass is 10.0. The molecule has 0 aromatic heterocycles. The molecule has 0 amide bonds. The van der Waals surface area contributed by atoms with E-state index in [1.807, 2.05) is 0 Å². The van der Waals surface area contributed by atoms with E-state index in [-0.39, 0.29) is 31.1 Å². The van der Waals surface area contributed by atoms with Gasteiger partial charge in [0.15, 0.2) is 6.10 Å². The fourth-order valence-corrected chi connectivity index (χ4v) is 9.92. The van der Waals surface area contributed by atoms with Crippen molar-refractivity contribution in [3.8, 4) is 0 Å². The summed E-state index contributed by atoms with van der Waals surface area (Å²) >= 11 is 0. The molecule has 0 aliphatic rings. The fourth-order valence-electron chi connectivity index (χ4n) is 9.92. The van der Waals surface area contributed by atoms with Crippen molar-refractivity contribution in [3.05, 3.63) is 48.6 Å². The summed E-state index contributed by atoms with van der Waals surface area (Å²) in [5.41, 5.74) is 0. The van der Waals surface area contributed by atoms with Crippen LogP contribution in [0.4, 0.5) is 0 Å². The van der Waals surface area contributed by atoms with Gasteiger partial charge in [-0.2, -0.15) is 0 Å². The molecule has 0 heterocycles. The third kappa shape index (κ3) is 62.2. The molecular formula is C70H128O6. The van der Waals surface area contributed by atoms with Gasteiger partial charge in [-0.05, 0) is 96.3 Å². The molecule has 1 atom stereocenters. The maximum atomic E-state index is 12.9. The van der Waals surface area contributed by atoms with E-state index in [1.165, 1.54) is 244 Å². The van der Waals surface area contributed by atoms with E-state index < -0.39 is 6.10 Å². The second-order valence-corrected chi connectivity index (χ2v) is 22.7. The van der Waals surface area contributed by atoms with Gasteiger partial charge < -0.3 is 14.2 Å². The Balaban J connectivity index is 4.28. The maximum Gasteiger partial charge on any atom is 0.306 e. The number of esters is 3. The quantitative estimate of drug-likeness (QED) is 0.0261. The highest BCUT2D eigenvalue weighted by atomic mass is 16.6. The van der Waals surface area contributed by atoms with Crippen LogP contribution in [0.5, 0.6) is 0 Å². The first-order valence-corrected chi connectivity index (χ1v) is 33.6. The summed E-state index contributed by atoms with van der Waals surface area (Å²) in [6.07, 6.45) is 81.3. The Morgan fingerprint density at radius 3 is 0.776 bits per heavy atom. The highest BCUT2D eigenvalue weighted by molar-refractivity contribution is 5.71. The average molecular weight is 1070 g/mol. The van der Waals surface area contributed by atoms with Gasteiger partial charge in [0.05, 0.1) is 0 Å². The van der Waals surface area contributed by atoms with Gasteiger partial charge in [-0.3, -0.25) is 14.4 Å². The molecule has 0 aliphatic heterocycles. The Kier molecular flexibility index (Phi) is 62.6. The van der Waals surface area contributed by atoms with Crippen LogP contribution in [0.25, 0.3) is 0 Å². The van der Waals surface area contributed by atoms with E-state index >= 15 is 0 Å². The number of hydrogen-bond acceptors (Lipinski definition) is 6. The summed E-state index contributed by atoms with van der Waals surface area (Å²) in [5, 5.41) is 0. The van der Waals surface area contributed by atoms with Crippen LogP contribution >= 0.6 is 0 Å². The molecule has 76 heavy (non-hydrogen) atoms. The van der Waals surface area contributed by atoms with Crippen LogP contribution in [0.2, 0.25) is 0 Å². The fraction of sp³-hybridized carbons (Fsp3) is 0.843. The largest absolute Gasteiger partial charge is 0.462 e. The van der Waals surface area contributed by atoms with Crippen molar-refractivity contribution < 1.29 is 28.6 Å². The highest BCUT2D eigenvalue weighted by Gasteiger charge is 2.19. The van der Waals surface area contributed by atoms with Crippen molar-refractivity contribution in [2.24, 2.45) is 0 Å². The number of allylic oxidation sites excluding steroid dienone is 8. The van der Waals surface area contributed by atoms with E-state index in [2.05, 4.69) is 69.4 Å². The zero-order valence-corrected chi connectivity index (χ0v) is 51.0. The molecule has 0 fully saturated rings. The molecule has 0 aromatic carbocycles. The zero-order chi connectivity index (χ0) is 55.0. The zero-order valence-electron chi connectivity index (χ0n) is 51.0. The van der Waals surface area contributed by atoms with Crippen LogP contribution in [0, 0.1) is 0 Å². The molecule has 0 N–H and O–H groups in total. The normalized spacial score (nSPS) is 12.3. The Bertz CT molecular complexity index is 1310. The van der Waals surface area contributed by atoms with E-state index in [9.17, 15) is 14.4 Å². The Hall–Kier alpha value is -2.63. The van der Waals surface area contributed by atoms with Crippen molar-refractivity contribution in [1.82, 2.24) is 0 Å². The molecule has 0 bridgehead atoms. The Labute approximate surface area is 473 Å². The lowest BCUT2D eigenvalue weighted by molar-refractivity contribution is -0.167. The maximum absolute atomic E-state index is 12.9. The van der Waals surface area contributed by atoms with Gasteiger partial charge in [0.1, 0.15) is 13.2 Å². The Morgan fingerprint density at radius 2 is 0.487 bits per heavy atom. The molecule has 0 rings (SSSR count). The predicted molar refractivity (Wildman–Crippen MR) is 330 cm³/mol. The minimum absolute atomic E-state index is 0.0757. The number of carbonyl (C=O) groups is 3. The first-order chi connectivity index (χ1) is 37.5. The summed E-state index contributed by atoms with van der Waals surface area (Å²) in [4.78, 5) is 38.4. The molecule has 6 nitrogen and oxygen atoms in total. The Morgan fingerprint density at radius 1 is 0.263 bits per heavy atom. The smallest absolute Gasteiger partial charge is 0.306 e. The summed E-state index contributed by atoms with van der Waals surface area (Å²) in [5.74, 6) is -0.871. The van der Waals surface area contributed by atoms with Gasteiger partial charge in [-0.25, -0.2) is 0 Å². The number of rotatable bonds is 62. The average Bonchev–Trinajstić information content (AvgIpc) is 3.42. The van der Waals surface area contributed by atoms with Crippen LogP contribution in [0.1, 0.15) is 361 Å². The van der Waals surface area contributed by atoms with E-state index in [0.717, 1.165) is 77.0 Å². The SMILES string of the molecule is CCCC/C=C\C/C=C\CCCCCCCC(=O)OCC(COC(=O)CCCCCCCCCCCCCCC/C=C\CCCCCCCCCC)OC(=O)CCCCCCCCCCC/C=C\CCCCCCCC. The van der Waals surface area contributed by atoms with E-state index in [0.29, 0.717) is 19.3 Å². The van der Waals surface area contributed by atoms with Crippen molar-refractivity contribution in [2.75, 3.05) is 13.2 Å². The summed E-state index contributed by atoms with van der Waals surface area (Å²) in [6, 6.07) is 0. The lowest BCUT2D eigenvalue weighted by Crippen LogP contribution is -2.30. The van der Waals surface area contributed by atoms with Gasteiger partial charge in [0, 0.05) is 19.3 Å². The summed E-state index contributed by atoms with van der Waals surface area (Å²) < 4.78 is 17.0. The standard InChI is InChI=1S/C70H128O6/c1-4-7-10-13-16-19-22-25-28-30-32-33-34-35-36-37-39-40-42-45-48-51-54-57-60-63-69(72)75-66-67(65-74-68(71)62-59-56-53-50-47-44-27-24-21-18-15-12-9-6-3)76-70(73)64-61-58-55-52-49-46-43-41-38-31-29-26-23-20-17-14-11-8-5-2/h15,18,24,26-27,29-30,32,67H,4-14,16-17,19-23,25,28,31,33-66H2,1-3H3/b18-15-,27-24-,29-26-,32-30-. The van der Waals surface area contributed by atoms with Crippen LogP contribution < -0.4 is 0 Å². The minimum Gasteiger partial charge on any atom is -0.462 e. The molecule has 444 valence electrons. The number of ether oxygens (including phenoxy) is 3. The van der Waals surface area contributed by atoms with Crippen molar-refractivity contribution in [1.29, 1.82) is 0 Å². The van der Waals surface area contributed by atoms with Crippen LogP contribution in [-0.4, -0.2) is 37.2 Å². The number of hydrogen-bond donors (Lipinski definition) is 0. The van der Waals surface area contributed by atoms with Gasteiger partial charge in [0.2, 0.25) is 0 Å². The van der Waals surface area contributed by atoms with Crippen molar-refractivity contribution in [2.45, 2.75) is 367 Å². The molecule has 0 aliphatic carbocycles. The molecule has 6 heteroatoms. The molecule has 0 radical (unpaired) electrons. The molecule has 0 saturated heterocycles. The summed E-state index contributed by atoms with van der Waals surface area (Å²) in [7, 11) is 0. The second kappa shape index (κ2) is 64.9. The van der Waals surface area contributed by atoms with Crippen LogP contribution in [-0.2, 0) is 28.6 Å². The molecule has 0 aromatic rings. The van der Waals surface area contributed by atoms with Crippen LogP contribution in [0.3, 0.4) is 0 Å². The lowest BCUT2D eigenvalue weighted by Gasteiger charge is -2.18. The van der Waals surface area contributed by atoms with E-state index in [1.54, 1.807) is 0 Å². The number of unbranched alkanes of at least 4 members (excludes halogenated alkanes) is 43. The summed E-state index contributed by atoms with van der Waals surface area (Å²) in [6.45, 7) is 6.64. The molecule has 0 saturated carbocycles. The van der Waals surface area contributed by atoms with Gasteiger partial charge in [-0.1, -0.05) is 294 Å². The van der Waals surface area contributed by atoms with Crippen molar-refractivity contribution in [3.63, 3.8) is 0 Å². The first-order valence-electron chi connectivity index (χ1n) is 33.6. The van der Waals surface area contributed by atoms with E-state index in [4.69, 9.17) is 14.2 Å².